The molecule has 1 rings (SSSR count). The summed E-state index contributed by atoms with van der Waals surface area (Å²) in [6.07, 6.45) is 1.72. The molecule has 20 heavy (non-hydrogen) atoms. The Morgan fingerprint density at radius 1 is 1.30 bits per heavy atom. The van der Waals surface area contributed by atoms with E-state index in [-0.39, 0.29) is 0 Å². The molecule has 0 aromatic heterocycles. The number of rotatable bonds is 9. The van der Waals surface area contributed by atoms with E-state index in [0.29, 0.717) is 19.1 Å². The topological polar surface area (TPSA) is 41.5 Å². The largest absolute Gasteiger partial charge is 0.389 e. The summed E-state index contributed by atoms with van der Waals surface area (Å²) in [6.45, 7) is 5.97. The molecular formula is C15H23Br2NO2. The fraction of sp³-hybridized carbons (Fsp3) is 0.600. The van der Waals surface area contributed by atoms with Gasteiger partial charge in [-0.2, -0.15) is 0 Å². The van der Waals surface area contributed by atoms with Crippen LogP contribution in [0.1, 0.15) is 26.7 Å². The van der Waals surface area contributed by atoms with Crippen molar-refractivity contribution in [1.29, 1.82) is 0 Å². The van der Waals surface area contributed by atoms with Gasteiger partial charge in [0, 0.05) is 27.8 Å². The molecule has 0 radical (unpaired) electrons. The van der Waals surface area contributed by atoms with Crippen LogP contribution < -0.4 is 5.32 Å². The number of ether oxygens (including phenoxy) is 1. The number of aliphatic hydroxyl groups is 1. The van der Waals surface area contributed by atoms with Crippen LogP contribution in [0.5, 0.6) is 0 Å². The van der Waals surface area contributed by atoms with E-state index in [1.807, 2.05) is 18.2 Å². The van der Waals surface area contributed by atoms with Crippen molar-refractivity contribution in [3.63, 3.8) is 0 Å². The number of hydrogen-bond acceptors (Lipinski definition) is 3. The Labute approximate surface area is 138 Å². The first kappa shape index (κ1) is 18.0. The second-order valence-electron chi connectivity index (χ2n) is 5.27. The molecule has 1 aromatic rings. The van der Waals surface area contributed by atoms with Gasteiger partial charge in [-0.3, -0.25) is 0 Å². The molecule has 0 aliphatic carbocycles. The van der Waals surface area contributed by atoms with Gasteiger partial charge in [0.25, 0.3) is 0 Å². The number of hydrogen-bond donors (Lipinski definition) is 2. The van der Waals surface area contributed by atoms with E-state index in [9.17, 15) is 5.11 Å². The van der Waals surface area contributed by atoms with Gasteiger partial charge in [-0.25, -0.2) is 0 Å². The van der Waals surface area contributed by atoms with Crippen molar-refractivity contribution in [2.24, 2.45) is 5.92 Å². The van der Waals surface area contributed by atoms with Crippen molar-refractivity contribution < 1.29 is 9.84 Å². The highest BCUT2D eigenvalue weighted by Crippen LogP contribution is 2.25. The molecule has 114 valence electrons. The summed E-state index contributed by atoms with van der Waals surface area (Å²) in [4.78, 5) is 0. The van der Waals surface area contributed by atoms with E-state index in [1.54, 1.807) is 0 Å². The maximum absolute atomic E-state index is 9.86. The summed E-state index contributed by atoms with van der Waals surface area (Å²) in [5.41, 5.74) is 0.957. The van der Waals surface area contributed by atoms with Crippen molar-refractivity contribution >= 4 is 37.5 Å². The van der Waals surface area contributed by atoms with Crippen LogP contribution in [0, 0.1) is 5.92 Å². The van der Waals surface area contributed by atoms with Gasteiger partial charge < -0.3 is 15.2 Å². The summed E-state index contributed by atoms with van der Waals surface area (Å²) in [5.74, 6) is 0.707. The van der Waals surface area contributed by atoms with Crippen LogP contribution >= 0.6 is 31.9 Å². The number of aliphatic hydroxyl groups excluding tert-OH is 1. The Kier molecular flexibility index (Phi) is 8.77. The number of anilines is 1. The quantitative estimate of drug-likeness (QED) is 0.593. The Morgan fingerprint density at radius 2 is 2.05 bits per heavy atom. The van der Waals surface area contributed by atoms with Gasteiger partial charge in [-0.15, -0.1) is 0 Å². The zero-order chi connectivity index (χ0) is 15.0. The SMILES string of the molecule is CC(C)CCCOCC(O)CNc1cc(Br)ccc1Br. The predicted octanol–water partition coefficient (Wildman–Crippen LogP) is 4.44. The Balaban J connectivity index is 2.19. The highest BCUT2D eigenvalue weighted by Gasteiger charge is 2.06. The molecule has 0 saturated carbocycles. The van der Waals surface area contributed by atoms with E-state index >= 15 is 0 Å². The number of halogens is 2. The summed E-state index contributed by atoms with van der Waals surface area (Å²) in [6, 6.07) is 5.89. The number of nitrogens with one attached hydrogen (secondary N) is 1. The van der Waals surface area contributed by atoms with E-state index in [4.69, 9.17) is 4.74 Å². The summed E-state index contributed by atoms with van der Waals surface area (Å²) in [7, 11) is 0. The van der Waals surface area contributed by atoms with Crippen molar-refractivity contribution in [2.75, 3.05) is 25.1 Å². The fourth-order valence-electron chi connectivity index (χ4n) is 1.73. The highest BCUT2D eigenvalue weighted by atomic mass is 79.9. The molecule has 0 bridgehead atoms. The second-order valence-corrected chi connectivity index (χ2v) is 7.04. The molecule has 1 unspecified atom stereocenters. The van der Waals surface area contributed by atoms with Crippen molar-refractivity contribution in [2.45, 2.75) is 32.8 Å². The van der Waals surface area contributed by atoms with Gasteiger partial charge in [-0.05, 0) is 52.9 Å². The lowest BCUT2D eigenvalue weighted by atomic mass is 10.1. The van der Waals surface area contributed by atoms with Crippen LogP contribution in [0.4, 0.5) is 5.69 Å². The van der Waals surface area contributed by atoms with E-state index in [1.165, 1.54) is 6.42 Å². The van der Waals surface area contributed by atoms with Crippen LogP contribution in [-0.2, 0) is 4.74 Å². The molecule has 1 aromatic carbocycles. The summed E-state index contributed by atoms with van der Waals surface area (Å²) >= 11 is 6.90. The molecule has 0 aliphatic rings. The lowest BCUT2D eigenvalue weighted by Crippen LogP contribution is -2.25. The molecule has 0 heterocycles. The van der Waals surface area contributed by atoms with Gasteiger partial charge in [0.2, 0.25) is 0 Å². The zero-order valence-corrected chi connectivity index (χ0v) is 15.2. The zero-order valence-electron chi connectivity index (χ0n) is 12.0. The molecule has 0 fully saturated rings. The van der Waals surface area contributed by atoms with Crippen LogP contribution in [0.2, 0.25) is 0 Å². The van der Waals surface area contributed by atoms with Crippen molar-refractivity contribution in [3.8, 4) is 0 Å². The molecule has 0 aliphatic heterocycles. The van der Waals surface area contributed by atoms with E-state index < -0.39 is 6.10 Å². The van der Waals surface area contributed by atoms with Gasteiger partial charge in [-0.1, -0.05) is 29.8 Å². The molecule has 1 atom stereocenters. The third-order valence-corrected chi connectivity index (χ3v) is 4.02. The van der Waals surface area contributed by atoms with Gasteiger partial charge in [0.15, 0.2) is 0 Å². The van der Waals surface area contributed by atoms with Gasteiger partial charge in [0.05, 0.1) is 12.7 Å². The van der Waals surface area contributed by atoms with Crippen LogP contribution in [0.25, 0.3) is 0 Å². The Hall–Kier alpha value is -0.100. The van der Waals surface area contributed by atoms with Crippen molar-refractivity contribution in [3.05, 3.63) is 27.1 Å². The maximum Gasteiger partial charge on any atom is 0.0945 e. The third-order valence-electron chi connectivity index (χ3n) is 2.84. The Bertz CT molecular complexity index is 399. The lowest BCUT2D eigenvalue weighted by Gasteiger charge is -2.14. The first-order valence-corrected chi connectivity index (χ1v) is 8.52. The first-order chi connectivity index (χ1) is 9.49. The minimum atomic E-state index is -0.500. The lowest BCUT2D eigenvalue weighted by molar-refractivity contribution is 0.0409. The van der Waals surface area contributed by atoms with Crippen LogP contribution in [0.3, 0.4) is 0 Å². The first-order valence-electron chi connectivity index (χ1n) is 6.93. The molecule has 0 saturated heterocycles. The molecule has 2 N–H and O–H groups in total. The fourth-order valence-corrected chi connectivity index (χ4v) is 2.48. The average Bonchev–Trinajstić information content (AvgIpc) is 2.39. The van der Waals surface area contributed by atoms with Crippen LogP contribution in [-0.4, -0.2) is 31.0 Å². The highest BCUT2D eigenvalue weighted by molar-refractivity contribution is 9.11. The number of benzene rings is 1. The molecule has 5 heteroatoms. The third kappa shape index (κ3) is 7.62. The van der Waals surface area contributed by atoms with Gasteiger partial charge in [0.1, 0.15) is 0 Å². The molecule has 0 spiro atoms. The second kappa shape index (κ2) is 9.77. The summed E-state index contributed by atoms with van der Waals surface area (Å²) < 4.78 is 7.46. The van der Waals surface area contributed by atoms with E-state index in [2.05, 4.69) is 51.0 Å². The van der Waals surface area contributed by atoms with E-state index in [0.717, 1.165) is 27.7 Å². The van der Waals surface area contributed by atoms with Crippen molar-refractivity contribution in [1.82, 2.24) is 0 Å². The van der Waals surface area contributed by atoms with Gasteiger partial charge >= 0.3 is 0 Å². The monoisotopic (exact) mass is 407 g/mol. The minimum Gasteiger partial charge on any atom is -0.389 e. The normalized spacial score (nSPS) is 12.7. The molecular weight excluding hydrogens is 386 g/mol. The van der Waals surface area contributed by atoms with Crippen LogP contribution in [0.15, 0.2) is 27.1 Å². The Morgan fingerprint density at radius 3 is 2.75 bits per heavy atom. The predicted molar refractivity (Wildman–Crippen MR) is 91.2 cm³/mol. The smallest absolute Gasteiger partial charge is 0.0945 e. The summed E-state index contributed by atoms with van der Waals surface area (Å²) in [5, 5.41) is 13.1. The average molecular weight is 409 g/mol. The molecule has 3 nitrogen and oxygen atoms in total. The molecule has 0 amide bonds. The maximum atomic E-state index is 9.86. The standard InChI is InChI=1S/C15H23Br2NO2/c1-11(2)4-3-7-20-10-13(19)9-18-15-8-12(16)5-6-14(15)17/h5-6,8,11,13,18-19H,3-4,7,9-10H2,1-2H3. The minimum absolute atomic E-state index is 0.372.